The van der Waals surface area contributed by atoms with Crippen LogP contribution in [0.1, 0.15) is 33.1 Å². The Kier molecular flexibility index (Phi) is 2.12. The summed E-state index contributed by atoms with van der Waals surface area (Å²) in [5.74, 6) is 1.55. The van der Waals surface area contributed by atoms with Gasteiger partial charge < -0.3 is 5.11 Å². The third-order valence-electron chi connectivity index (χ3n) is 2.55. The first-order valence-corrected chi connectivity index (χ1v) is 3.92. The molecule has 1 rings (SSSR count). The second-order valence-corrected chi connectivity index (χ2v) is 3.27. The highest BCUT2D eigenvalue weighted by molar-refractivity contribution is 4.79. The maximum Gasteiger partial charge on any atom is 0.0545 e. The van der Waals surface area contributed by atoms with Crippen LogP contribution in [0.4, 0.5) is 0 Å². The van der Waals surface area contributed by atoms with Crippen molar-refractivity contribution in [3.05, 3.63) is 0 Å². The van der Waals surface area contributed by atoms with Gasteiger partial charge in [-0.2, -0.15) is 0 Å². The van der Waals surface area contributed by atoms with Crippen molar-refractivity contribution in [2.24, 2.45) is 11.8 Å². The fraction of sp³-hybridized carbons (Fsp3) is 1.00. The predicted molar refractivity (Wildman–Crippen MR) is 38.2 cm³/mol. The van der Waals surface area contributed by atoms with Crippen LogP contribution in [0.5, 0.6) is 0 Å². The molecule has 1 nitrogen and oxygen atoms in total. The number of aliphatic hydroxyl groups excluding tert-OH is 1. The fourth-order valence-electron chi connectivity index (χ4n) is 1.87. The first-order valence-electron chi connectivity index (χ1n) is 3.92. The molecule has 1 N–H and O–H groups in total. The lowest BCUT2D eigenvalue weighted by Crippen LogP contribution is -2.00. The van der Waals surface area contributed by atoms with Gasteiger partial charge in [0.2, 0.25) is 0 Å². The molecule has 54 valence electrons. The monoisotopic (exact) mass is 128 g/mol. The molecule has 0 aromatic rings. The number of aliphatic hydroxyl groups is 1. The van der Waals surface area contributed by atoms with E-state index < -0.39 is 0 Å². The molecule has 0 aromatic heterocycles. The van der Waals surface area contributed by atoms with Crippen LogP contribution in [-0.2, 0) is 0 Å². The highest BCUT2D eigenvalue weighted by Gasteiger charge is 2.27. The smallest absolute Gasteiger partial charge is 0.0545 e. The molecule has 1 aliphatic rings. The summed E-state index contributed by atoms with van der Waals surface area (Å²) >= 11 is 0. The van der Waals surface area contributed by atoms with Gasteiger partial charge in [-0.3, -0.25) is 0 Å². The summed E-state index contributed by atoms with van der Waals surface area (Å²) in [5.41, 5.74) is 0. The molecule has 0 aliphatic heterocycles. The van der Waals surface area contributed by atoms with Crippen molar-refractivity contribution < 1.29 is 5.11 Å². The predicted octanol–water partition coefficient (Wildman–Crippen LogP) is 1.80. The van der Waals surface area contributed by atoms with Crippen LogP contribution in [-0.4, -0.2) is 11.2 Å². The summed E-state index contributed by atoms with van der Waals surface area (Å²) in [6.07, 6.45) is 3.30. The summed E-state index contributed by atoms with van der Waals surface area (Å²) in [6, 6.07) is 0. The molecule has 1 saturated carbocycles. The van der Waals surface area contributed by atoms with Crippen molar-refractivity contribution in [2.75, 3.05) is 0 Å². The SMILES string of the molecule is CC[C@@H]1C[C@H](O)C[C@@H]1C. The van der Waals surface area contributed by atoms with E-state index in [1.54, 1.807) is 0 Å². The molecule has 1 fully saturated rings. The minimum atomic E-state index is 0.00458. The molecular weight excluding hydrogens is 112 g/mol. The van der Waals surface area contributed by atoms with Gasteiger partial charge in [0, 0.05) is 0 Å². The van der Waals surface area contributed by atoms with Gasteiger partial charge >= 0.3 is 0 Å². The van der Waals surface area contributed by atoms with E-state index in [1.165, 1.54) is 6.42 Å². The molecule has 0 unspecified atom stereocenters. The Bertz CT molecular complexity index is 90.6. The minimum absolute atomic E-state index is 0.00458. The third kappa shape index (κ3) is 1.45. The maximum atomic E-state index is 9.20. The van der Waals surface area contributed by atoms with Crippen molar-refractivity contribution in [3.8, 4) is 0 Å². The second-order valence-electron chi connectivity index (χ2n) is 3.27. The standard InChI is InChI=1S/C8H16O/c1-3-7-5-8(9)4-6(7)2/h6-9H,3-5H2,1-2H3/t6-,7+,8+/m0/s1. The Morgan fingerprint density at radius 3 is 2.33 bits per heavy atom. The molecule has 9 heavy (non-hydrogen) atoms. The van der Waals surface area contributed by atoms with Crippen molar-refractivity contribution in [1.29, 1.82) is 0 Å². The lowest BCUT2D eigenvalue weighted by Gasteiger charge is -2.09. The van der Waals surface area contributed by atoms with E-state index in [0.717, 1.165) is 24.7 Å². The molecular formula is C8H16O. The van der Waals surface area contributed by atoms with Gasteiger partial charge in [-0.05, 0) is 24.7 Å². The minimum Gasteiger partial charge on any atom is -0.393 e. The summed E-state index contributed by atoms with van der Waals surface area (Å²) in [7, 11) is 0. The molecule has 0 amide bonds. The largest absolute Gasteiger partial charge is 0.393 e. The van der Waals surface area contributed by atoms with Crippen LogP contribution in [0, 0.1) is 11.8 Å². The van der Waals surface area contributed by atoms with Crippen LogP contribution in [0.25, 0.3) is 0 Å². The van der Waals surface area contributed by atoms with Gasteiger partial charge in [0.25, 0.3) is 0 Å². The maximum absolute atomic E-state index is 9.20. The summed E-state index contributed by atoms with van der Waals surface area (Å²) in [6.45, 7) is 4.45. The van der Waals surface area contributed by atoms with Crippen LogP contribution in [0.15, 0.2) is 0 Å². The van der Waals surface area contributed by atoms with E-state index in [0.29, 0.717) is 0 Å². The Labute approximate surface area is 57.1 Å². The zero-order valence-corrected chi connectivity index (χ0v) is 6.30. The van der Waals surface area contributed by atoms with Gasteiger partial charge in [0.15, 0.2) is 0 Å². The molecule has 3 atom stereocenters. The molecule has 0 aromatic carbocycles. The van der Waals surface area contributed by atoms with E-state index in [4.69, 9.17) is 0 Å². The average Bonchev–Trinajstić information content (AvgIpc) is 2.10. The summed E-state index contributed by atoms with van der Waals surface area (Å²) in [4.78, 5) is 0. The molecule has 0 saturated heterocycles. The van der Waals surface area contributed by atoms with Crippen LogP contribution in [0.2, 0.25) is 0 Å². The fourth-order valence-corrected chi connectivity index (χ4v) is 1.87. The first kappa shape index (κ1) is 7.07. The highest BCUT2D eigenvalue weighted by atomic mass is 16.3. The van der Waals surface area contributed by atoms with Gasteiger partial charge in [-0.15, -0.1) is 0 Å². The number of hydrogen-bond acceptors (Lipinski definition) is 1. The van der Waals surface area contributed by atoms with E-state index in [1.807, 2.05) is 0 Å². The van der Waals surface area contributed by atoms with Crippen molar-refractivity contribution >= 4 is 0 Å². The van der Waals surface area contributed by atoms with Crippen molar-refractivity contribution in [3.63, 3.8) is 0 Å². The van der Waals surface area contributed by atoms with Gasteiger partial charge in [-0.1, -0.05) is 20.3 Å². The highest BCUT2D eigenvalue weighted by Crippen LogP contribution is 2.33. The van der Waals surface area contributed by atoms with E-state index >= 15 is 0 Å². The van der Waals surface area contributed by atoms with Crippen molar-refractivity contribution in [2.45, 2.75) is 39.2 Å². The van der Waals surface area contributed by atoms with Crippen LogP contribution in [0.3, 0.4) is 0 Å². The summed E-state index contributed by atoms with van der Waals surface area (Å²) < 4.78 is 0. The second kappa shape index (κ2) is 2.70. The Hall–Kier alpha value is -0.0400. The number of rotatable bonds is 1. The van der Waals surface area contributed by atoms with Gasteiger partial charge in [-0.25, -0.2) is 0 Å². The normalized spacial score (nSPS) is 43.7. The van der Waals surface area contributed by atoms with E-state index in [-0.39, 0.29) is 6.10 Å². The molecule has 1 heteroatoms. The van der Waals surface area contributed by atoms with Crippen molar-refractivity contribution in [1.82, 2.24) is 0 Å². The Morgan fingerprint density at radius 1 is 1.44 bits per heavy atom. The number of hydrogen-bond donors (Lipinski definition) is 1. The molecule has 1 aliphatic carbocycles. The zero-order chi connectivity index (χ0) is 6.85. The Morgan fingerprint density at radius 2 is 2.11 bits per heavy atom. The lowest BCUT2D eigenvalue weighted by molar-refractivity contribution is 0.175. The van der Waals surface area contributed by atoms with Gasteiger partial charge in [0.1, 0.15) is 0 Å². The third-order valence-corrected chi connectivity index (χ3v) is 2.55. The van der Waals surface area contributed by atoms with Crippen LogP contribution >= 0.6 is 0 Å². The quantitative estimate of drug-likeness (QED) is 0.571. The topological polar surface area (TPSA) is 20.2 Å². The van der Waals surface area contributed by atoms with Crippen LogP contribution < -0.4 is 0 Å². The van der Waals surface area contributed by atoms with Gasteiger partial charge in [0.05, 0.1) is 6.10 Å². The summed E-state index contributed by atoms with van der Waals surface area (Å²) in [5, 5.41) is 9.20. The molecule has 0 heterocycles. The average molecular weight is 128 g/mol. The Balaban J connectivity index is 2.38. The van der Waals surface area contributed by atoms with E-state index in [9.17, 15) is 5.11 Å². The first-order chi connectivity index (χ1) is 4.24. The molecule has 0 radical (unpaired) electrons. The molecule has 0 bridgehead atoms. The van der Waals surface area contributed by atoms with E-state index in [2.05, 4.69) is 13.8 Å². The zero-order valence-electron chi connectivity index (χ0n) is 6.30. The lowest BCUT2D eigenvalue weighted by atomic mass is 9.96. The molecule has 0 spiro atoms.